The third kappa shape index (κ3) is 3.20. The molecule has 0 aromatic heterocycles. The van der Waals surface area contributed by atoms with Gasteiger partial charge >= 0.3 is 0 Å². The Hall–Kier alpha value is -2.09. The zero-order valence-corrected chi connectivity index (χ0v) is 16.2. The summed E-state index contributed by atoms with van der Waals surface area (Å²) in [5.41, 5.74) is 9.87. The summed E-state index contributed by atoms with van der Waals surface area (Å²) in [5, 5.41) is 5.23. The quantitative estimate of drug-likeness (QED) is 0.822. The number of ether oxygens (including phenoxy) is 1. The van der Waals surface area contributed by atoms with Crippen LogP contribution in [-0.2, 0) is 10.0 Å². The number of benzene rings is 2. The zero-order valence-electron chi connectivity index (χ0n) is 15.3. The summed E-state index contributed by atoms with van der Waals surface area (Å²) >= 11 is 0. The van der Waals surface area contributed by atoms with E-state index >= 15 is 0 Å². The van der Waals surface area contributed by atoms with E-state index in [1.54, 1.807) is 12.1 Å². The second-order valence-electron chi connectivity index (χ2n) is 7.23. The van der Waals surface area contributed by atoms with Crippen LogP contribution in [0.4, 0.5) is 5.69 Å². The lowest BCUT2D eigenvalue weighted by Gasteiger charge is -2.41. The summed E-state index contributed by atoms with van der Waals surface area (Å²) in [6, 6.07) is 13.1. The molecule has 1 saturated carbocycles. The zero-order chi connectivity index (χ0) is 19.2. The van der Waals surface area contributed by atoms with Crippen molar-refractivity contribution in [3.8, 4) is 5.75 Å². The number of nitrogens with zero attached hydrogens (tertiary/aromatic N) is 1. The van der Waals surface area contributed by atoms with Gasteiger partial charge in [0, 0.05) is 17.8 Å². The standard InChI is InChI=1S/C20H25N3O3S/c1-2-26-15-8-11-17-18(12-15)23(14-4-3-5-14)20(19(17)21)13-6-9-16(10-7-13)27(22,24)25/h6-12,14,19-20H,2-5,21H2,1H3,(H2,22,24,25). The lowest BCUT2D eigenvalue weighted by atomic mass is 9.89. The third-order valence-electron chi connectivity index (χ3n) is 5.61. The van der Waals surface area contributed by atoms with Crippen LogP contribution in [0.1, 0.15) is 49.4 Å². The number of primary sulfonamides is 1. The molecule has 0 radical (unpaired) electrons. The van der Waals surface area contributed by atoms with Crippen LogP contribution >= 0.6 is 0 Å². The predicted octanol–water partition coefficient (Wildman–Crippen LogP) is 2.85. The van der Waals surface area contributed by atoms with Gasteiger partial charge in [-0.25, -0.2) is 13.6 Å². The molecule has 2 aliphatic rings. The molecule has 1 fully saturated rings. The lowest BCUT2D eigenvalue weighted by molar-refractivity contribution is 0.339. The summed E-state index contributed by atoms with van der Waals surface area (Å²) < 4.78 is 28.8. The van der Waals surface area contributed by atoms with E-state index in [-0.39, 0.29) is 17.0 Å². The second-order valence-corrected chi connectivity index (χ2v) is 8.79. The van der Waals surface area contributed by atoms with Gasteiger partial charge in [0.2, 0.25) is 10.0 Å². The molecule has 1 aliphatic heterocycles. The van der Waals surface area contributed by atoms with Gasteiger partial charge < -0.3 is 15.4 Å². The van der Waals surface area contributed by atoms with Gasteiger partial charge in [0.15, 0.2) is 0 Å². The topological polar surface area (TPSA) is 98.6 Å². The molecule has 0 saturated heterocycles. The molecule has 2 aromatic carbocycles. The van der Waals surface area contributed by atoms with Gasteiger partial charge in [0.25, 0.3) is 0 Å². The smallest absolute Gasteiger partial charge is 0.238 e. The second kappa shape index (κ2) is 6.82. The summed E-state index contributed by atoms with van der Waals surface area (Å²) in [7, 11) is -3.71. The van der Waals surface area contributed by atoms with Gasteiger partial charge in [-0.15, -0.1) is 0 Å². The van der Waals surface area contributed by atoms with Crippen molar-refractivity contribution < 1.29 is 13.2 Å². The van der Waals surface area contributed by atoms with E-state index < -0.39 is 10.0 Å². The largest absolute Gasteiger partial charge is 0.494 e. The fourth-order valence-corrected chi connectivity index (χ4v) is 4.61. The minimum absolute atomic E-state index is 0.0308. The lowest BCUT2D eigenvalue weighted by Crippen LogP contribution is -2.42. The van der Waals surface area contributed by atoms with Gasteiger partial charge in [0.1, 0.15) is 5.75 Å². The normalized spacial score (nSPS) is 22.4. The van der Waals surface area contributed by atoms with Gasteiger partial charge in [-0.3, -0.25) is 0 Å². The number of hydrogen-bond acceptors (Lipinski definition) is 5. The predicted molar refractivity (Wildman–Crippen MR) is 105 cm³/mol. The highest BCUT2D eigenvalue weighted by atomic mass is 32.2. The monoisotopic (exact) mass is 387 g/mol. The van der Waals surface area contributed by atoms with Gasteiger partial charge in [-0.2, -0.15) is 0 Å². The maximum Gasteiger partial charge on any atom is 0.238 e. The van der Waals surface area contributed by atoms with E-state index in [1.165, 1.54) is 6.42 Å². The summed E-state index contributed by atoms with van der Waals surface area (Å²) in [6.45, 7) is 2.59. The van der Waals surface area contributed by atoms with E-state index in [0.717, 1.165) is 35.4 Å². The highest BCUT2D eigenvalue weighted by Gasteiger charge is 2.42. The molecule has 4 rings (SSSR count). The molecule has 0 spiro atoms. The fraction of sp³-hybridized carbons (Fsp3) is 0.400. The average Bonchev–Trinajstić information content (AvgIpc) is 2.86. The highest BCUT2D eigenvalue weighted by Crippen LogP contribution is 2.51. The van der Waals surface area contributed by atoms with E-state index in [2.05, 4.69) is 17.0 Å². The number of sulfonamides is 1. The number of anilines is 1. The van der Waals surface area contributed by atoms with Crippen LogP contribution in [0.25, 0.3) is 0 Å². The number of hydrogen-bond donors (Lipinski definition) is 2. The maximum absolute atomic E-state index is 11.6. The van der Waals surface area contributed by atoms with Crippen LogP contribution in [0.3, 0.4) is 0 Å². The Bertz CT molecular complexity index is 939. The molecule has 6 nitrogen and oxygen atoms in total. The van der Waals surface area contributed by atoms with Gasteiger partial charge in [-0.1, -0.05) is 18.2 Å². The summed E-state index contributed by atoms with van der Waals surface area (Å²) in [5.74, 6) is 0.845. The SMILES string of the molecule is CCOc1ccc2c(c1)N(C1CCC1)C(c1ccc(S(N)(=O)=O)cc1)C2N. The van der Waals surface area contributed by atoms with Crippen molar-refractivity contribution in [1.29, 1.82) is 0 Å². The molecular weight excluding hydrogens is 362 g/mol. The first-order valence-electron chi connectivity index (χ1n) is 9.33. The molecule has 1 aliphatic carbocycles. The first kappa shape index (κ1) is 18.3. The molecule has 144 valence electrons. The molecule has 27 heavy (non-hydrogen) atoms. The molecule has 7 heteroatoms. The molecular formula is C20H25N3O3S. The van der Waals surface area contributed by atoms with Gasteiger partial charge in [-0.05, 0) is 55.5 Å². The molecule has 1 heterocycles. The van der Waals surface area contributed by atoms with Crippen molar-refractivity contribution in [2.45, 2.75) is 49.2 Å². The number of rotatable bonds is 5. The first-order valence-corrected chi connectivity index (χ1v) is 10.9. The minimum atomic E-state index is -3.71. The first-order chi connectivity index (χ1) is 12.9. The van der Waals surface area contributed by atoms with Crippen LogP contribution in [0.2, 0.25) is 0 Å². The van der Waals surface area contributed by atoms with Crippen LogP contribution in [0.15, 0.2) is 47.4 Å². The van der Waals surface area contributed by atoms with E-state index in [9.17, 15) is 8.42 Å². The average molecular weight is 388 g/mol. The molecule has 4 N–H and O–H groups in total. The van der Waals surface area contributed by atoms with Crippen LogP contribution in [-0.4, -0.2) is 21.1 Å². The summed E-state index contributed by atoms with van der Waals surface area (Å²) in [4.78, 5) is 2.52. The van der Waals surface area contributed by atoms with Crippen molar-refractivity contribution in [2.75, 3.05) is 11.5 Å². The number of nitrogens with two attached hydrogens (primary N) is 2. The Morgan fingerprint density at radius 3 is 2.41 bits per heavy atom. The van der Waals surface area contributed by atoms with E-state index in [0.29, 0.717) is 12.6 Å². The Kier molecular flexibility index (Phi) is 4.61. The maximum atomic E-state index is 11.6. The summed E-state index contributed by atoms with van der Waals surface area (Å²) in [6.07, 6.45) is 3.49. The Morgan fingerprint density at radius 1 is 1.15 bits per heavy atom. The fourth-order valence-electron chi connectivity index (χ4n) is 4.09. The Balaban J connectivity index is 1.75. The Morgan fingerprint density at radius 2 is 1.85 bits per heavy atom. The third-order valence-corrected chi connectivity index (χ3v) is 6.54. The van der Waals surface area contributed by atoms with E-state index in [1.807, 2.05) is 25.1 Å². The molecule has 2 atom stereocenters. The van der Waals surface area contributed by atoms with Crippen LogP contribution < -0.4 is 20.5 Å². The number of fused-ring (bicyclic) bond motifs is 1. The van der Waals surface area contributed by atoms with Crippen LogP contribution in [0, 0.1) is 0 Å². The van der Waals surface area contributed by atoms with Gasteiger partial charge in [0.05, 0.1) is 23.6 Å². The Labute approximate surface area is 160 Å². The van der Waals surface area contributed by atoms with Crippen molar-refractivity contribution in [3.05, 3.63) is 53.6 Å². The molecule has 0 amide bonds. The minimum Gasteiger partial charge on any atom is -0.494 e. The molecule has 2 aromatic rings. The van der Waals surface area contributed by atoms with Crippen molar-refractivity contribution in [3.63, 3.8) is 0 Å². The van der Waals surface area contributed by atoms with Crippen molar-refractivity contribution >= 4 is 15.7 Å². The highest BCUT2D eigenvalue weighted by molar-refractivity contribution is 7.89. The van der Waals surface area contributed by atoms with Crippen molar-refractivity contribution in [1.82, 2.24) is 0 Å². The molecule has 2 unspecified atom stereocenters. The van der Waals surface area contributed by atoms with E-state index in [4.69, 9.17) is 15.6 Å². The van der Waals surface area contributed by atoms with Crippen LogP contribution in [0.5, 0.6) is 5.75 Å². The molecule has 0 bridgehead atoms. The van der Waals surface area contributed by atoms with Crippen molar-refractivity contribution in [2.24, 2.45) is 10.9 Å².